The van der Waals surface area contributed by atoms with E-state index in [2.05, 4.69) is 0 Å². The van der Waals surface area contributed by atoms with Crippen molar-refractivity contribution in [1.29, 1.82) is 0 Å². The van der Waals surface area contributed by atoms with Gasteiger partial charge in [0.05, 0.1) is 6.16 Å². The molecule has 10 heteroatoms. The molecule has 0 radical (unpaired) electrons. The van der Waals surface area contributed by atoms with Gasteiger partial charge in [0.25, 0.3) is 0 Å². The predicted octanol–water partition coefficient (Wildman–Crippen LogP) is 0.644. The summed E-state index contributed by atoms with van der Waals surface area (Å²) in [6.07, 6.45) is 3.35. The lowest BCUT2D eigenvalue weighted by atomic mass is 9.75. The molecule has 1 aliphatic rings. The minimum absolute atomic E-state index is 0.0879. The minimum Gasteiger partial charge on any atom is -0.324 e. The Morgan fingerprint density at radius 2 is 1.40 bits per heavy atom. The maximum absolute atomic E-state index is 11.6. The maximum atomic E-state index is 11.6. The molecule has 20 heavy (non-hydrogen) atoms. The van der Waals surface area contributed by atoms with Crippen LogP contribution in [0, 0.1) is 5.41 Å². The lowest BCUT2D eigenvalue weighted by Gasteiger charge is -2.46. The van der Waals surface area contributed by atoms with Gasteiger partial charge in [-0.1, -0.05) is 25.7 Å². The van der Waals surface area contributed by atoms with Gasteiger partial charge in [-0.3, -0.25) is 9.13 Å². The third-order valence-electron chi connectivity index (χ3n) is 4.27. The Hall–Kier alpha value is 0.220. The molecule has 1 rings (SSSR count). The van der Waals surface area contributed by atoms with Crippen molar-refractivity contribution in [2.45, 2.75) is 50.3 Å². The maximum Gasteiger partial charge on any atom is 0.360 e. The summed E-state index contributed by atoms with van der Waals surface area (Å²) in [5, 5.41) is -2.26. The third kappa shape index (κ3) is 4.12. The minimum atomic E-state index is -4.80. The molecule has 0 heterocycles. The predicted molar refractivity (Wildman–Crippen MR) is 74.8 cm³/mol. The summed E-state index contributed by atoms with van der Waals surface area (Å²) >= 11 is 0. The molecule has 0 aromatic heterocycles. The molecular weight excluding hydrogens is 306 g/mol. The van der Waals surface area contributed by atoms with Gasteiger partial charge in [0.1, 0.15) is 0 Å². The Balaban J connectivity index is 3.12. The molecule has 0 spiro atoms. The zero-order valence-electron chi connectivity index (χ0n) is 11.3. The van der Waals surface area contributed by atoms with Crippen molar-refractivity contribution in [3.63, 3.8) is 0 Å². The summed E-state index contributed by atoms with van der Waals surface area (Å²) in [4.78, 5) is 37.0. The molecule has 0 aromatic carbocycles. The van der Waals surface area contributed by atoms with E-state index in [9.17, 15) is 18.9 Å². The van der Waals surface area contributed by atoms with E-state index in [0.29, 0.717) is 25.7 Å². The van der Waals surface area contributed by atoms with Crippen molar-refractivity contribution in [2.75, 3.05) is 6.16 Å². The second kappa shape index (κ2) is 6.15. The highest BCUT2D eigenvalue weighted by Gasteiger charge is 2.56. The van der Waals surface area contributed by atoms with E-state index >= 15 is 0 Å². The van der Waals surface area contributed by atoms with Gasteiger partial charge in [-0.15, -0.1) is 0 Å². The first-order chi connectivity index (χ1) is 8.91. The van der Waals surface area contributed by atoms with Crippen LogP contribution in [0.1, 0.15) is 44.9 Å². The molecule has 1 aliphatic carbocycles. The Kier molecular flexibility index (Phi) is 5.61. The van der Waals surface area contributed by atoms with E-state index in [1.165, 1.54) is 0 Å². The van der Waals surface area contributed by atoms with Crippen LogP contribution in [-0.2, 0) is 9.13 Å². The van der Waals surface area contributed by atoms with Gasteiger partial charge in [0, 0.05) is 5.41 Å². The summed E-state index contributed by atoms with van der Waals surface area (Å²) in [5.74, 6) is 0. The SMILES string of the molecule is NC(N)(C1(CCP(=O)(O)O)CCCCCC1)P(=O)(O)O. The monoisotopic (exact) mass is 330 g/mol. The number of nitrogens with two attached hydrogens (primary N) is 2. The smallest absolute Gasteiger partial charge is 0.324 e. The molecule has 0 atom stereocenters. The number of hydrogen-bond acceptors (Lipinski definition) is 4. The van der Waals surface area contributed by atoms with Crippen molar-refractivity contribution in [3.05, 3.63) is 0 Å². The molecule has 8 N–H and O–H groups in total. The lowest BCUT2D eigenvalue weighted by molar-refractivity contribution is 0.125. The van der Waals surface area contributed by atoms with E-state index in [4.69, 9.17) is 21.3 Å². The van der Waals surface area contributed by atoms with Crippen LogP contribution in [0.3, 0.4) is 0 Å². The molecule has 8 nitrogen and oxygen atoms in total. The van der Waals surface area contributed by atoms with Crippen LogP contribution >= 0.6 is 15.2 Å². The number of hydrogen-bond donors (Lipinski definition) is 6. The first-order valence-corrected chi connectivity index (χ1v) is 10.0. The van der Waals surface area contributed by atoms with Crippen LogP contribution in [0.2, 0.25) is 0 Å². The van der Waals surface area contributed by atoms with Gasteiger partial charge in [-0.05, 0) is 19.3 Å². The topological polar surface area (TPSA) is 167 Å². The van der Waals surface area contributed by atoms with Gasteiger partial charge in [0.15, 0.2) is 5.40 Å². The van der Waals surface area contributed by atoms with Gasteiger partial charge in [-0.25, -0.2) is 0 Å². The van der Waals surface area contributed by atoms with Crippen molar-refractivity contribution in [3.8, 4) is 0 Å². The summed E-state index contributed by atoms with van der Waals surface area (Å²) in [5.41, 5.74) is 10.4. The summed E-state index contributed by atoms with van der Waals surface area (Å²) < 4.78 is 22.7. The fraction of sp³-hybridized carbons (Fsp3) is 1.00. The average Bonchev–Trinajstić information content (AvgIpc) is 2.50. The molecule has 0 unspecified atom stereocenters. The van der Waals surface area contributed by atoms with E-state index in [-0.39, 0.29) is 6.42 Å². The van der Waals surface area contributed by atoms with Crippen LogP contribution in [0.4, 0.5) is 0 Å². The fourth-order valence-corrected chi connectivity index (χ4v) is 4.60. The molecule has 0 aliphatic heterocycles. The molecule has 1 saturated carbocycles. The quantitative estimate of drug-likeness (QED) is 0.242. The fourth-order valence-electron chi connectivity index (χ4n) is 2.92. The second-order valence-corrected chi connectivity index (χ2v) is 9.31. The zero-order valence-corrected chi connectivity index (χ0v) is 13.1. The molecule has 0 amide bonds. The standard InChI is InChI=1S/C10H24N2O6P2/c11-10(12,20(16,17)18)9(7-8-19(13,14)15)5-3-1-2-4-6-9/h1-8,11-12H2,(H2,13,14,15)(H2,16,17,18). The first kappa shape index (κ1) is 18.3. The van der Waals surface area contributed by atoms with Crippen LogP contribution < -0.4 is 11.5 Å². The van der Waals surface area contributed by atoms with Gasteiger partial charge in [0.2, 0.25) is 0 Å². The molecule has 0 saturated heterocycles. The van der Waals surface area contributed by atoms with E-state index in [1.54, 1.807) is 0 Å². The Bertz CT molecular complexity index is 421. The summed E-state index contributed by atoms with van der Waals surface area (Å²) in [6, 6.07) is 0. The third-order valence-corrected chi connectivity index (χ3v) is 6.52. The number of rotatable bonds is 5. The highest BCUT2D eigenvalue weighted by molar-refractivity contribution is 7.53. The Labute approximate surface area is 118 Å². The van der Waals surface area contributed by atoms with Crippen molar-refractivity contribution in [1.82, 2.24) is 0 Å². The Morgan fingerprint density at radius 1 is 0.950 bits per heavy atom. The van der Waals surface area contributed by atoms with E-state index < -0.39 is 32.2 Å². The summed E-state index contributed by atoms with van der Waals surface area (Å²) in [7, 11) is -9.08. The molecule has 0 bridgehead atoms. The van der Waals surface area contributed by atoms with Crippen LogP contribution in [0.15, 0.2) is 0 Å². The van der Waals surface area contributed by atoms with Crippen LogP contribution in [-0.4, -0.2) is 31.1 Å². The van der Waals surface area contributed by atoms with Crippen molar-refractivity contribution in [2.24, 2.45) is 16.9 Å². The average molecular weight is 330 g/mol. The van der Waals surface area contributed by atoms with Crippen LogP contribution in [0.25, 0.3) is 0 Å². The van der Waals surface area contributed by atoms with Crippen molar-refractivity contribution >= 4 is 15.2 Å². The Morgan fingerprint density at radius 3 is 1.75 bits per heavy atom. The van der Waals surface area contributed by atoms with Crippen molar-refractivity contribution < 1.29 is 28.7 Å². The largest absolute Gasteiger partial charge is 0.360 e. The normalized spacial score (nSPS) is 21.5. The van der Waals surface area contributed by atoms with E-state index in [0.717, 1.165) is 12.8 Å². The lowest BCUT2D eigenvalue weighted by Crippen LogP contribution is -2.62. The highest BCUT2D eigenvalue weighted by atomic mass is 31.2. The molecular formula is C10H24N2O6P2. The summed E-state index contributed by atoms with van der Waals surface area (Å²) in [6.45, 7) is 0. The molecule has 120 valence electrons. The van der Waals surface area contributed by atoms with Gasteiger partial charge < -0.3 is 31.0 Å². The zero-order chi connectivity index (χ0) is 15.7. The van der Waals surface area contributed by atoms with Gasteiger partial charge >= 0.3 is 15.2 Å². The van der Waals surface area contributed by atoms with E-state index in [1.807, 2.05) is 0 Å². The van der Waals surface area contributed by atoms with Crippen LogP contribution in [0.5, 0.6) is 0 Å². The second-order valence-electron chi connectivity index (χ2n) is 5.70. The highest BCUT2D eigenvalue weighted by Crippen LogP contribution is 2.59. The first-order valence-electron chi connectivity index (χ1n) is 6.59. The van der Waals surface area contributed by atoms with Gasteiger partial charge in [-0.2, -0.15) is 0 Å². The molecule has 1 fully saturated rings. The molecule has 0 aromatic rings.